The average molecular weight is 172 g/mol. The molecular formula is C9H16O3. The molecule has 2 N–H and O–H groups in total. The highest BCUT2D eigenvalue weighted by Crippen LogP contribution is 2.25. The Balaban J connectivity index is 0.00000121. The fourth-order valence-corrected chi connectivity index (χ4v) is 1.49. The molecule has 0 unspecified atom stereocenters. The van der Waals surface area contributed by atoms with Crippen molar-refractivity contribution in [2.75, 3.05) is 0 Å². The van der Waals surface area contributed by atoms with Gasteiger partial charge in [-0.05, 0) is 11.8 Å². The van der Waals surface area contributed by atoms with E-state index in [1.54, 1.807) is 0 Å². The molecule has 0 amide bonds. The summed E-state index contributed by atoms with van der Waals surface area (Å²) < 4.78 is 0. The second-order valence-corrected chi connectivity index (χ2v) is 3.67. The molecule has 0 radical (unpaired) electrons. The van der Waals surface area contributed by atoms with Gasteiger partial charge in [-0.1, -0.05) is 13.8 Å². The predicted octanol–water partition coefficient (Wildman–Crippen LogP) is 0.756. The molecule has 0 aromatic carbocycles. The monoisotopic (exact) mass is 172 g/mol. The zero-order valence-corrected chi connectivity index (χ0v) is 7.59. The number of hydrogen-bond acceptors (Lipinski definition) is 2. The number of carbonyl (C=O) groups is 2. The Labute approximate surface area is 72.5 Å². The third-order valence-corrected chi connectivity index (χ3v) is 2.32. The molecule has 12 heavy (non-hydrogen) atoms. The normalized spacial score (nSPS) is 19.6. The Morgan fingerprint density at radius 1 is 1.17 bits per heavy atom. The number of hydrogen-bond donors (Lipinski definition) is 0. The van der Waals surface area contributed by atoms with Crippen molar-refractivity contribution in [2.24, 2.45) is 11.8 Å². The molecule has 0 aliphatic heterocycles. The highest BCUT2D eigenvalue weighted by atomic mass is 16.1. The van der Waals surface area contributed by atoms with Gasteiger partial charge in [0, 0.05) is 12.8 Å². The molecule has 0 saturated heterocycles. The lowest BCUT2D eigenvalue weighted by Crippen LogP contribution is -2.25. The average Bonchev–Trinajstić information content (AvgIpc) is 1.85. The molecule has 1 aliphatic rings. The van der Waals surface area contributed by atoms with E-state index in [0.29, 0.717) is 24.7 Å². The second kappa shape index (κ2) is 4.36. The third-order valence-electron chi connectivity index (χ3n) is 2.32. The molecule has 1 fully saturated rings. The molecule has 1 saturated carbocycles. The van der Waals surface area contributed by atoms with E-state index >= 15 is 0 Å². The van der Waals surface area contributed by atoms with Crippen molar-refractivity contribution in [3.05, 3.63) is 0 Å². The molecule has 3 heteroatoms. The van der Waals surface area contributed by atoms with E-state index in [9.17, 15) is 9.59 Å². The summed E-state index contributed by atoms with van der Waals surface area (Å²) in [5.41, 5.74) is 0. The van der Waals surface area contributed by atoms with E-state index in [1.807, 2.05) is 0 Å². The van der Waals surface area contributed by atoms with E-state index < -0.39 is 0 Å². The van der Waals surface area contributed by atoms with Crippen molar-refractivity contribution in [1.82, 2.24) is 0 Å². The van der Waals surface area contributed by atoms with Crippen LogP contribution in [0.25, 0.3) is 0 Å². The molecule has 70 valence electrons. The van der Waals surface area contributed by atoms with Crippen LogP contribution in [0.3, 0.4) is 0 Å². The Kier molecular flexibility index (Phi) is 4.10. The van der Waals surface area contributed by atoms with Gasteiger partial charge in [-0.15, -0.1) is 0 Å². The molecule has 0 spiro atoms. The highest BCUT2D eigenvalue weighted by Gasteiger charge is 2.26. The van der Waals surface area contributed by atoms with Crippen molar-refractivity contribution < 1.29 is 15.1 Å². The molecule has 3 nitrogen and oxygen atoms in total. The van der Waals surface area contributed by atoms with E-state index in [4.69, 9.17) is 0 Å². The van der Waals surface area contributed by atoms with Crippen molar-refractivity contribution in [1.29, 1.82) is 0 Å². The quantitative estimate of drug-likeness (QED) is 0.548. The van der Waals surface area contributed by atoms with Crippen LogP contribution in [-0.2, 0) is 9.59 Å². The summed E-state index contributed by atoms with van der Waals surface area (Å²) in [6.45, 7) is 4.13. The molecule has 0 aromatic rings. The lowest BCUT2D eigenvalue weighted by atomic mass is 9.80. The fourth-order valence-electron chi connectivity index (χ4n) is 1.49. The zero-order valence-electron chi connectivity index (χ0n) is 7.59. The maximum Gasteiger partial charge on any atom is 0.140 e. The summed E-state index contributed by atoms with van der Waals surface area (Å²) in [6, 6.07) is 0. The van der Waals surface area contributed by atoms with Crippen LogP contribution in [0.5, 0.6) is 0 Å². The molecular weight excluding hydrogens is 156 g/mol. The van der Waals surface area contributed by atoms with Crippen LogP contribution >= 0.6 is 0 Å². The lowest BCUT2D eigenvalue weighted by molar-refractivity contribution is -0.131. The van der Waals surface area contributed by atoms with Gasteiger partial charge in [0.05, 0.1) is 6.42 Å². The van der Waals surface area contributed by atoms with Gasteiger partial charge >= 0.3 is 0 Å². The van der Waals surface area contributed by atoms with Gasteiger partial charge < -0.3 is 5.48 Å². The van der Waals surface area contributed by atoms with Gasteiger partial charge in [0.25, 0.3) is 0 Å². The zero-order chi connectivity index (χ0) is 8.43. The number of carbonyl (C=O) groups excluding carboxylic acids is 2. The minimum Gasteiger partial charge on any atom is -0.412 e. The van der Waals surface area contributed by atoms with Crippen LogP contribution < -0.4 is 0 Å². The topological polar surface area (TPSA) is 65.6 Å². The second-order valence-electron chi connectivity index (χ2n) is 3.67. The van der Waals surface area contributed by atoms with Gasteiger partial charge in [0.1, 0.15) is 11.6 Å². The first-order chi connectivity index (χ1) is 5.09. The number of rotatable bonds is 1. The van der Waals surface area contributed by atoms with Gasteiger partial charge in [-0.2, -0.15) is 0 Å². The summed E-state index contributed by atoms with van der Waals surface area (Å²) in [7, 11) is 0. The first-order valence-electron chi connectivity index (χ1n) is 4.13. The van der Waals surface area contributed by atoms with Crippen LogP contribution in [0, 0.1) is 11.8 Å². The molecule has 0 aromatic heterocycles. The van der Waals surface area contributed by atoms with Crippen molar-refractivity contribution in [2.45, 2.75) is 33.1 Å². The first kappa shape index (κ1) is 11.3. The van der Waals surface area contributed by atoms with Crippen LogP contribution in [0.2, 0.25) is 0 Å². The van der Waals surface area contributed by atoms with E-state index in [1.165, 1.54) is 0 Å². The van der Waals surface area contributed by atoms with Crippen molar-refractivity contribution >= 4 is 11.6 Å². The third kappa shape index (κ3) is 2.74. The number of ketones is 2. The Bertz CT molecular complexity index is 168. The largest absolute Gasteiger partial charge is 0.412 e. The maximum absolute atomic E-state index is 11.0. The van der Waals surface area contributed by atoms with E-state index in [2.05, 4.69) is 13.8 Å². The molecule has 1 rings (SSSR count). The highest BCUT2D eigenvalue weighted by molar-refractivity contribution is 6.01. The lowest BCUT2D eigenvalue weighted by Gasteiger charge is -2.22. The Hall–Kier alpha value is -0.700. The summed E-state index contributed by atoms with van der Waals surface area (Å²) in [4.78, 5) is 21.9. The minimum atomic E-state index is 0. The summed E-state index contributed by atoms with van der Waals surface area (Å²) in [6.07, 6.45) is 1.41. The predicted molar refractivity (Wildman–Crippen MR) is 45.8 cm³/mol. The molecule has 0 bridgehead atoms. The van der Waals surface area contributed by atoms with Crippen LogP contribution in [0.1, 0.15) is 33.1 Å². The van der Waals surface area contributed by atoms with Crippen LogP contribution in [0.15, 0.2) is 0 Å². The summed E-state index contributed by atoms with van der Waals surface area (Å²) >= 11 is 0. The van der Waals surface area contributed by atoms with Crippen LogP contribution in [-0.4, -0.2) is 17.0 Å². The van der Waals surface area contributed by atoms with Crippen molar-refractivity contribution in [3.63, 3.8) is 0 Å². The maximum atomic E-state index is 11.0. The minimum absolute atomic E-state index is 0. The standard InChI is InChI=1S/C9H14O2.H2O/c1-6(2)7-3-8(10)5-9(11)4-7;/h6-7H,3-5H2,1-2H3;1H2. The van der Waals surface area contributed by atoms with Crippen LogP contribution in [0.4, 0.5) is 0 Å². The van der Waals surface area contributed by atoms with E-state index in [0.717, 1.165) is 0 Å². The van der Waals surface area contributed by atoms with Gasteiger partial charge in [-0.3, -0.25) is 9.59 Å². The van der Waals surface area contributed by atoms with Crippen molar-refractivity contribution in [3.8, 4) is 0 Å². The van der Waals surface area contributed by atoms with Gasteiger partial charge in [0.15, 0.2) is 0 Å². The van der Waals surface area contributed by atoms with Gasteiger partial charge in [0.2, 0.25) is 0 Å². The number of Topliss-reactive ketones (excluding diaryl/α,β-unsaturated/α-hetero) is 2. The first-order valence-corrected chi connectivity index (χ1v) is 4.13. The Morgan fingerprint density at radius 3 is 1.92 bits per heavy atom. The fraction of sp³-hybridized carbons (Fsp3) is 0.778. The SMILES string of the molecule is CC(C)C1CC(=O)CC(=O)C1.O. The smallest absolute Gasteiger partial charge is 0.140 e. The molecule has 0 atom stereocenters. The van der Waals surface area contributed by atoms with Gasteiger partial charge in [-0.25, -0.2) is 0 Å². The molecule has 1 aliphatic carbocycles. The molecule has 0 heterocycles. The summed E-state index contributed by atoms with van der Waals surface area (Å²) in [5, 5.41) is 0. The summed E-state index contributed by atoms with van der Waals surface area (Å²) in [5.74, 6) is 1.02. The Morgan fingerprint density at radius 2 is 1.58 bits per heavy atom. The van der Waals surface area contributed by atoms with E-state index in [-0.39, 0.29) is 23.5 Å².